The molecule has 0 aromatic heterocycles. The number of hydrogen-bond donors (Lipinski definition) is 2. The molecule has 0 spiro atoms. The molecular weight excluding hydrogens is 252 g/mol. The van der Waals surface area contributed by atoms with Gasteiger partial charge in [-0.3, -0.25) is 4.79 Å². The summed E-state index contributed by atoms with van der Waals surface area (Å²) < 4.78 is 0. The number of rotatable bonds is 4. The van der Waals surface area contributed by atoms with Gasteiger partial charge in [0.2, 0.25) is 0 Å². The fraction of sp³-hybridized carbons (Fsp3) is 0.562. The van der Waals surface area contributed by atoms with Crippen molar-refractivity contribution < 1.29 is 9.90 Å². The van der Waals surface area contributed by atoms with E-state index in [1.807, 2.05) is 43.3 Å². The number of nitrogens with zero attached hydrogens (tertiary/aromatic N) is 1. The minimum absolute atomic E-state index is 0.0425. The van der Waals surface area contributed by atoms with Crippen molar-refractivity contribution in [3.8, 4) is 0 Å². The van der Waals surface area contributed by atoms with E-state index in [0.29, 0.717) is 5.56 Å². The van der Waals surface area contributed by atoms with Crippen LogP contribution in [0.2, 0.25) is 0 Å². The summed E-state index contributed by atoms with van der Waals surface area (Å²) in [6.07, 6.45) is 4.23. The third kappa shape index (κ3) is 3.51. The summed E-state index contributed by atoms with van der Waals surface area (Å²) in [7, 11) is 3.92. The minimum atomic E-state index is -0.0425. The molecule has 0 bridgehead atoms. The normalized spacial score (nSPS) is 22.4. The number of carbonyl (C=O) groups excluding carboxylic acids is 1. The molecule has 0 saturated heterocycles. The van der Waals surface area contributed by atoms with Gasteiger partial charge in [0, 0.05) is 43.9 Å². The molecule has 2 N–H and O–H groups in total. The van der Waals surface area contributed by atoms with Crippen molar-refractivity contribution in [1.82, 2.24) is 5.32 Å². The van der Waals surface area contributed by atoms with Crippen molar-refractivity contribution in [2.75, 3.05) is 25.6 Å². The van der Waals surface area contributed by atoms with Gasteiger partial charge in [0.1, 0.15) is 0 Å². The highest BCUT2D eigenvalue weighted by atomic mass is 16.3. The Morgan fingerprint density at radius 1 is 1.35 bits per heavy atom. The first-order chi connectivity index (χ1) is 9.61. The maximum absolute atomic E-state index is 12.3. The molecule has 1 aromatic rings. The molecular formula is C16H24N2O2. The molecule has 1 aromatic carbocycles. The lowest BCUT2D eigenvalue weighted by Gasteiger charge is -2.31. The lowest BCUT2D eigenvalue weighted by Crippen LogP contribution is -2.43. The van der Waals surface area contributed by atoms with Crippen LogP contribution >= 0.6 is 0 Å². The molecule has 0 heterocycles. The molecule has 2 rings (SSSR count). The van der Waals surface area contributed by atoms with Crippen LogP contribution in [0, 0.1) is 5.92 Å². The summed E-state index contributed by atoms with van der Waals surface area (Å²) in [6, 6.07) is 7.71. The fourth-order valence-electron chi connectivity index (χ4n) is 2.79. The van der Waals surface area contributed by atoms with E-state index in [0.717, 1.165) is 31.4 Å². The predicted molar refractivity (Wildman–Crippen MR) is 81.1 cm³/mol. The van der Waals surface area contributed by atoms with E-state index in [1.54, 1.807) is 0 Å². The molecule has 2 atom stereocenters. The summed E-state index contributed by atoms with van der Waals surface area (Å²) >= 11 is 0. The lowest BCUT2D eigenvalue weighted by atomic mass is 9.85. The first kappa shape index (κ1) is 14.9. The van der Waals surface area contributed by atoms with Crippen molar-refractivity contribution in [3.63, 3.8) is 0 Å². The minimum Gasteiger partial charge on any atom is -0.396 e. The number of carbonyl (C=O) groups is 1. The van der Waals surface area contributed by atoms with Crippen LogP contribution in [0.3, 0.4) is 0 Å². The maximum atomic E-state index is 12.3. The SMILES string of the molecule is CN(C)c1cccc(C(=O)NC2CCCCC2CO)c1. The van der Waals surface area contributed by atoms with E-state index < -0.39 is 0 Å². The van der Waals surface area contributed by atoms with Gasteiger partial charge in [-0.25, -0.2) is 0 Å². The summed E-state index contributed by atoms with van der Waals surface area (Å²) in [5, 5.41) is 12.5. The standard InChI is InChI=1S/C16H24N2O2/c1-18(2)14-8-5-7-12(10-14)16(20)17-15-9-4-3-6-13(15)11-19/h5,7-8,10,13,15,19H,3-4,6,9,11H2,1-2H3,(H,17,20). The molecule has 4 nitrogen and oxygen atoms in total. The predicted octanol–water partition coefficient (Wildman–Crippen LogP) is 2.03. The molecule has 1 aliphatic carbocycles. The molecule has 1 fully saturated rings. The zero-order valence-electron chi connectivity index (χ0n) is 12.3. The Hall–Kier alpha value is -1.55. The van der Waals surface area contributed by atoms with E-state index in [-0.39, 0.29) is 24.5 Å². The van der Waals surface area contributed by atoms with Gasteiger partial charge in [0.05, 0.1) is 0 Å². The van der Waals surface area contributed by atoms with Gasteiger partial charge in [-0.1, -0.05) is 18.9 Å². The van der Waals surface area contributed by atoms with Crippen LogP contribution in [0.5, 0.6) is 0 Å². The van der Waals surface area contributed by atoms with Gasteiger partial charge in [0.25, 0.3) is 5.91 Å². The number of anilines is 1. The average molecular weight is 276 g/mol. The fourth-order valence-corrected chi connectivity index (χ4v) is 2.79. The van der Waals surface area contributed by atoms with Crippen LogP contribution in [0.1, 0.15) is 36.0 Å². The molecule has 1 saturated carbocycles. The zero-order valence-corrected chi connectivity index (χ0v) is 12.3. The monoisotopic (exact) mass is 276 g/mol. The number of aliphatic hydroxyl groups is 1. The second kappa shape index (κ2) is 6.75. The molecule has 2 unspecified atom stereocenters. The number of hydrogen-bond acceptors (Lipinski definition) is 3. The molecule has 1 aliphatic rings. The van der Waals surface area contributed by atoms with Crippen LogP contribution in [0.15, 0.2) is 24.3 Å². The second-order valence-corrected chi connectivity index (χ2v) is 5.75. The van der Waals surface area contributed by atoms with Gasteiger partial charge < -0.3 is 15.3 Å². The van der Waals surface area contributed by atoms with Crippen molar-refractivity contribution in [1.29, 1.82) is 0 Å². The first-order valence-corrected chi connectivity index (χ1v) is 7.31. The van der Waals surface area contributed by atoms with Gasteiger partial charge in [0.15, 0.2) is 0 Å². The number of nitrogens with one attached hydrogen (secondary N) is 1. The van der Waals surface area contributed by atoms with E-state index in [9.17, 15) is 9.90 Å². The number of aliphatic hydroxyl groups excluding tert-OH is 1. The van der Waals surface area contributed by atoms with E-state index in [2.05, 4.69) is 5.32 Å². The highest BCUT2D eigenvalue weighted by molar-refractivity contribution is 5.95. The van der Waals surface area contributed by atoms with Crippen molar-refractivity contribution in [2.24, 2.45) is 5.92 Å². The van der Waals surface area contributed by atoms with Crippen LogP contribution in [0.4, 0.5) is 5.69 Å². The van der Waals surface area contributed by atoms with E-state index in [4.69, 9.17) is 0 Å². The van der Waals surface area contributed by atoms with Gasteiger partial charge in [-0.15, -0.1) is 0 Å². The highest BCUT2D eigenvalue weighted by Gasteiger charge is 2.26. The zero-order chi connectivity index (χ0) is 14.5. The Labute approximate surface area is 120 Å². The van der Waals surface area contributed by atoms with Crippen LogP contribution in [-0.2, 0) is 0 Å². The van der Waals surface area contributed by atoms with Crippen molar-refractivity contribution >= 4 is 11.6 Å². The molecule has 4 heteroatoms. The Balaban J connectivity index is 2.05. The van der Waals surface area contributed by atoms with E-state index in [1.165, 1.54) is 0 Å². The Morgan fingerprint density at radius 3 is 2.80 bits per heavy atom. The Kier molecular flexibility index (Phi) is 5.01. The third-order valence-electron chi connectivity index (χ3n) is 4.08. The summed E-state index contributed by atoms with van der Waals surface area (Å²) in [5.74, 6) is 0.156. The Morgan fingerprint density at radius 2 is 2.10 bits per heavy atom. The van der Waals surface area contributed by atoms with Crippen LogP contribution in [-0.4, -0.2) is 37.8 Å². The largest absolute Gasteiger partial charge is 0.396 e. The van der Waals surface area contributed by atoms with Gasteiger partial charge in [-0.2, -0.15) is 0 Å². The first-order valence-electron chi connectivity index (χ1n) is 7.31. The van der Waals surface area contributed by atoms with Crippen LogP contribution < -0.4 is 10.2 Å². The number of amides is 1. The second-order valence-electron chi connectivity index (χ2n) is 5.75. The van der Waals surface area contributed by atoms with Crippen molar-refractivity contribution in [2.45, 2.75) is 31.7 Å². The topological polar surface area (TPSA) is 52.6 Å². The smallest absolute Gasteiger partial charge is 0.251 e. The molecule has 0 radical (unpaired) electrons. The summed E-state index contributed by atoms with van der Waals surface area (Å²) in [4.78, 5) is 14.3. The summed E-state index contributed by atoms with van der Waals surface area (Å²) in [6.45, 7) is 0.155. The van der Waals surface area contributed by atoms with Crippen molar-refractivity contribution in [3.05, 3.63) is 29.8 Å². The molecule has 1 amide bonds. The maximum Gasteiger partial charge on any atom is 0.251 e. The molecule has 110 valence electrons. The van der Waals surface area contributed by atoms with Gasteiger partial charge in [-0.05, 0) is 31.0 Å². The average Bonchev–Trinajstić information content (AvgIpc) is 2.48. The lowest BCUT2D eigenvalue weighted by molar-refractivity contribution is 0.0872. The molecule has 20 heavy (non-hydrogen) atoms. The number of benzene rings is 1. The summed E-state index contributed by atoms with van der Waals surface area (Å²) in [5.41, 5.74) is 1.69. The van der Waals surface area contributed by atoms with E-state index >= 15 is 0 Å². The highest BCUT2D eigenvalue weighted by Crippen LogP contribution is 2.24. The third-order valence-corrected chi connectivity index (χ3v) is 4.08. The van der Waals surface area contributed by atoms with Crippen LogP contribution in [0.25, 0.3) is 0 Å². The van der Waals surface area contributed by atoms with Gasteiger partial charge >= 0.3 is 0 Å². The quantitative estimate of drug-likeness (QED) is 0.885. The Bertz CT molecular complexity index is 460. The molecule has 0 aliphatic heterocycles.